The molecule has 0 unspecified atom stereocenters. The fourth-order valence-corrected chi connectivity index (χ4v) is 1.74. The van der Waals surface area contributed by atoms with E-state index < -0.39 is 4.92 Å². The van der Waals surface area contributed by atoms with Crippen molar-refractivity contribution in [2.24, 2.45) is 0 Å². The Morgan fingerprint density at radius 2 is 2.11 bits per heavy atom. The highest BCUT2D eigenvalue weighted by Gasteiger charge is 2.12. The molecule has 1 aromatic heterocycles. The molecule has 1 N–H and O–H groups in total. The van der Waals surface area contributed by atoms with E-state index in [1.807, 2.05) is 13.0 Å². The molecule has 6 nitrogen and oxygen atoms in total. The Labute approximate surface area is 110 Å². The van der Waals surface area contributed by atoms with Gasteiger partial charge in [0, 0.05) is 11.6 Å². The first kappa shape index (κ1) is 12.8. The number of methoxy groups -OCH3 is 1. The van der Waals surface area contributed by atoms with Crippen LogP contribution >= 0.6 is 0 Å². The summed E-state index contributed by atoms with van der Waals surface area (Å²) in [4.78, 5) is 14.6. The molecule has 0 spiro atoms. The van der Waals surface area contributed by atoms with Crippen molar-refractivity contribution in [1.29, 1.82) is 0 Å². The van der Waals surface area contributed by atoms with E-state index in [1.165, 1.54) is 6.07 Å². The highest BCUT2D eigenvalue weighted by atomic mass is 16.6. The number of para-hydroxylation sites is 2. The Kier molecular flexibility index (Phi) is 3.61. The zero-order chi connectivity index (χ0) is 13.8. The lowest BCUT2D eigenvalue weighted by molar-refractivity contribution is -0.383. The molecule has 0 aliphatic carbocycles. The van der Waals surface area contributed by atoms with Crippen molar-refractivity contribution < 1.29 is 9.66 Å². The van der Waals surface area contributed by atoms with Crippen LogP contribution in [-0.4, -0.2) is 17.0 Å². The Morgan fingerprint density at radius 1 is 1.37 bits per heavy atom. The molecule has 0 fully saturated rings. The van der Waals surface area contributed by atoms with E-state index in [-0.39, 0.29) is 5.69 Å². The third-order valence-corrected chi connectivity index (χ3v) is 2.60. The monoisotopic (exact) mass is 259 g/mol. The van der Waals surface area contributed by atoms with Gasteiger partial charge >= 0.3 is 0 Å². The van der Waals surface area contributed by atoms with Gasteiger partial charge < -0.3 is 10.1 Å². The Morgan fingerprint density at radius 3 is 2.74 bits per heavy atom. The van der Waals surface area contributed by atoms with Gasteiger partial charge in [0.25, 0.3) is 5.69 Å². The van der Waals surface area contributed by atoms with E-state index >= 15 is 0 Å². The van der Waals surface area contributed by atoms with Crippen LogP contribution in [0.15, 0.2) is 36.5 Å². The molecular weight excluding hydrogens is 246 g/mol. The molecule has 0 radical (unpaired) electrons. The van der Waals surface area contributed by atoms with Gasteiger partial charge in [-0.2, -0.15) is 0 Å². The second-order valence-corrected chi connectivity index (χ2v) is 3.95. The van der Waals surface area contributed by atoms with Crippen molar-refractivity contribution >= 4 is 17.1 Å². The predicted octanol–water partition coefficient (Wildman–Crippen LogP) is 3.05. The molecular formula is C13H13N3O3. The van der Waals surface area contributed by atoms with E-state index in [4.69, 9.17) is 4.74 Å². The number of ether oxygens (including phenoxy) is 1. The summed E-state index contributed by atoms with van der Waals surface area (Å²) < 4.78 is 5.07. The van der Waals surface area contributed by atoms with Crippen LogP contribution < -0.4 is 10.1 Å². The van der Waals surface area contributed by atoms with Crippen LogP contribution in [0.3, 0.4) is 0 Å². The molecule has 0 saturated carbocycles. The van der Waals surface area contributed by atoms with Crippen molar-refractivity contribution in [1.82, 2.24) is 4.98 Å². The van der Waals surface area contributed by atoms with Gasteiger partial charge in [-0.05, 0) is 19.1 Å². The summed E-state index contributed by atoms with van der Waals surface area (Å²) in [5.74, 6) is 0.535. The molecule has 98 valence electrons. The second kappa shape index (κ2) is 5.34. The molecule has 0 bridgehead atoms. The average molecular weight is 259 g/mol. The van der Waals surface area contributed by atoms with Gasteiger partial charge in [0.2, 0.25) is 5.88 Å². The number of nitrogens with one attached hydrogen (secondary N) is 1. The molecule has 2 rings (SSSR count). The number of rotatable bonds is 4. The number of benzene rings is 1. The SMILES string of the molecule is COc1ncc(Nc2ccccc2[N+](=O)[O-])cc1C. The molecule has 0 atom stereocenters. The topological polar surface area (TPSA) is 77.3 Å². The van der Waals surface area contributed by atoms with Gasteiger partial charge in [-0.25, -0.2) is 4.98 Å². The minimum Gasteiger partial charge on any atom is -0.481 e. The van der Waals surface area contributed by atoms with Crippen molar-refractivity contribution in [2.75, 3.05) is 12.4 Å². The first-order valence-electron chi connectivity index (χ1n) is 5.63. The summed E-state index contributed by atoms with van der Waals surface area (Å²) in [6, 6.07) is 8.28. The van der Waals surface area contributed by atoms with Gasteiger partial charge in [0.1, 0.15) is 5.69 Å². The average Bonchev–Trinajstić information content (AvgIpc) is 2.39. The second-order valence-electron chi connectivity index (χ2n) is 3.95. The van der Waals surface area contributed by atoms with Crippen LogP contribution in [0, 0.1) is 17.0 Å². The largest absolute Gasteiger partial charge is 0.481 e. The fraction of sp³-hybridized carbons (Fsp3) is 0.154. The normalized spacial score (nSPS) is 10.0. The summed E-state index contributed by atoms with van der Waals surface area (Å²) in [5.41, 5.74) is 1.98. The van der Waals surface area contributed by atoms with Crippen molar-refractivity contribution in [3.05, 3.63) is 52.2 Å². The number of nitro groups is 1. The summed E-state index contributed by atoms with van der Waals surface area (Å²) in [6.07, 6.45) is 1.57. The fourth-order valence-electron chi connectivity index (χ4n) is 1.74. The van der Waals surface area contributed by atoms with E-state index in [9.17, 15) is 10.1 Å². The lowest BCUT2D eigenvalue weighted by Crippen LogP contribution is -1.98. The van der Waals surface area contributed by atoms with Crippen molar-refractivity contribution in [3.63, 3.8) is 0 Å². The van der Waals surface area contributed by atoms with Crippen molar-refractivity contribution in [3.8, 4) is 5.88 Å². The van der Waals surface area contributed by atoms with E-state index in [2.05, 4.69) is 10.3 Å². The maximum Gasteiger partial charge on any atom is 0.292 e. The number of nitro benzene ring substituents is 1. The number of hydrogen-bond acceptors (Lipinski definition) is 5. The van der Waals surface area contributed by atoms with Crippen LogP contribution in [-0.2, 0) is 0 Å². The summed E-state index contributed by atoms with van der Waals surface area (Å²) in [7, 11) is 1.55. The van der Waals surface area contributed by atoms with E-state index in [0.29, 0.717) is 17.3 Å². The summed E-state index contributed by atoms with van der Waals surface area (Å²) in [6.45, 7) is 1.86. The highest BCUT2D eigenvalue weighted by molar-refractivity contribution is 5.69. The third kappa shape index (κ3) is 2.79. The molecule has 0 saturated heterocycles. The first-order valence-corrected chi connectivity index (χ1v) is 5.63. The number of anilines is 2. The van der Waals surface area contributed by atoms with Crippen LogP contribution in [0.1, 0.15) is 5.56 Å². The zero-order valence-corrected chi connectivity index (χ0v) is 10.6. The third-order valence-electron chi connectivity index (χ3n) is 2.60. The Bertz CT molecular complexity index is 614. The summed E-state index contributed by atoms with van der Waals surface area (Å²) in [5, 5.41) is 13.9. The predicted molar refractivity (Wildman–Crippen MR) is 71.9 cm³/mol. The van der Waals surface area contributed by atoms with Crippen LogP contribution in [0.5, 0.6) is 5.88 Å². The first-order chi connectivity index (χ1) is 9.11. The van der Waals surface area contributed by atoms with Gasteiger partial charge in [0.15, 0.2) is 0 Å². The lowest BCUT2D eigenvalue weighted by Gasteiger charge is -2.09. The van der Waals surface area contributed by atoms with E-state index in [1.54, 1.807) is 31.5 Å². The number of aromatic nitrogens is 1. The van der Waals surface area contributed by atoms with Crippen molar-refractivity contribution in [2.45, 2.75) is 6.92 Å². The summed E-state index contributed by atoms with van der Waals surface area (Å²) >= 11 is 0. The number of hydrogen-bond donors (Lipinski definition) is 1. The number of aryl methyl sites for hydroxylation is 1. The van der Waals surface area contributed by atoms with Gasteiger partial charge in [-0.15, -0.1) is 0 Å². The molecule has 2 aromatic rings. The van der Waals surface area contributed by atoms with E-state index in [0.717, 1.165) is 5.56 Å². The maximum atomic E-state index is 10.9. The minimum atomic E-state index is -0.424. The maximum absolute atomic E-state index is 10.9. The van der Waals surface area contributed by atoms with Gasteiger partial charge in [-0.1, -0.05) is 12.1 Å². The highest BCUT2D eigenvalue weighted by Crippen LogP contribution is 2.28. The number of nitrogens with zero attached hydrogens (tertiary/aromatic N) is 2. The molecule has 0 aliphatic rings. The minimum absolute atomic E-state index is 0.0240. The van der Waals surface area contributed by atoms with Crippen LogP contribution in [0.4, 0.5) is 17.1 Å². The van der Waals surface area contributed by atoms with Crippen LogP contribution in [0.2, 0.25) is 0 Å². The zero-order valence-electron chi connectivity index (χ0n) is 10.6. The van der Waals surface area contributed by atoms with Gasteiger partial charge in [0.05, 0.1) is 23.9 Å². The smallest absolute Gasteiger partial charge is 0.292 e. The Hall–Kier alpha value is -2.63. The molecule has 0 aliphatic heterocycles. The number of pyridine rings is 1. The van der Waals surface area contributed by atoms with Gasteiger partial charge in [-0.3, -0.25) is 10.1 Å². The molecule has 0 amide bonds. The molecule has 19 heavy (non-hydrogen) atoms. The van der Waals surface area contributed by atoms with Crippen LogP contribution in [0.25, 0.3) is 0 Å². The quantitative estimate of drug-likeness (QED) is 0.674. The molecule has 1 heterocycles. The molecule has 1 aromatic carbocycles. The standard InChI is InChI=1S/C13H13N3O3/c1-9-7-10(8-14-13(9)19-2)15-11-5-3-4-6-12(11)16(17)18/h3-8,15H,1-2H3. The Balaban J connectivity index is 2.31. The lowest BCUT2D eigenvalue weighted by atomic mass is 10.2. The molecule has 6 heteroatoms.